The summed E-state index contributed by atoms with van der Waals surface area (Å²) in [7, 11) is 0. The molecule has 0 amide bonds. The summed E-state index contributed by atoms with van der Waals surface area (Å²) in [5.74, 6) is 0. The van der Waals surface area contributed by atoms with Crippen LogP contribution in [-0.4, -0.2) is 12.0 Å². The van der Waals surface area contributed by atoms with Crippen LogP contribution in [0.4, 0.5) is 0 Å². The van der Waals surface area contributed by atoms with Crippen molar-refractivity contribution in [2.24, 2.45) is 0 Å². The lowest BCUT2D eigenvalue weighted by atomic mass is 10.2. The van der Waals surface area contributed by atoms with Crippen molar-refractivity contribution in [3.63, 3.8) is 0 Å². The third-order valence-electron chi connectivity index (χ3n) is 1.32. The predicted molar refractivity (Wildman–Crippen MR) is 36.8 cm³/mol. The molecule has 0 spiro atoms. The molecule has 0 aromatic rings. The first-order chi connectivity index (χ1) is 4.43. The van der Waals surface area contributed by atoms with Crippen molar-refractivity contribution >= 4 is 11.8 Å². The molecule has 1 saturated heterocycles. The van der Waals surface area contributed by atoms with E-state index in [2.05, 4.69) is 0 Å². The van der Waals surface area contributed by atoms with E-state index in [1.165, 1.54) is 18.2 Å². The molecule has 3 heteroatoms. The maximum absolute atomic E-state index is 8.25. The molecule has 1 unspecified atom stereocenters. The van der Waals surface area contributed by atoms with Crippen molar-refractivity contribution in [2.75, 3.05) is 6.61 Å². The molecule has 1 fully saturated rings. The summed E-state index contributed by atoms with van der Waals surface area (Å²) >= 11 is 1.24. The quantitative estimate of drug-likeness (QED) is 0.524. The number of hydrogen-bond donors (Lipinski definition) is 0. The number of thiocyanates is 1. The van der Waals surface area contributed by atoms with Gasteiger partial charge in [-0.3, -0.25) is 0 Å². The zero-order chi connectivity index (χ0) is 6.53. The zero-order valence-electron chi connectivity index (χ0n) is 5.17. The second kappa shape index (κ2) is 3.76. The Kier molecular flexibility index (Phi) is 2.88. The van der Waals surface area contributed by atoms with Gasteiger partial charge in [-0.05, 0) is 31.0 Å². The Morgan fingerprint density at radius 2 is 2.44 bits per heavy atom. The second-order valence-corrected chi connectivity index (χ2v) is 2.95. The number of ether oxygens (including phenoxy) is 1. The van der Waals surface area contributed by atoms with E-state index in [1.807, 2.05) is 5.40 Å². The normalized spacial score (nSPS) is 27.2. The molecule has 0 saturated carbocycles. The lowest BCUT2D eigenvalue weighted by molar-refractivity contribution is 0.0734. The maximum atomic E-state index is 8.25. The molecule has 0 radical (unpaired) electrons. The minimum atomic E-state index is 0.156. The van der Waals surface area contributed by atoms with E-state index >= 15 is 0 Å². The number of thioether (sulfide) groups is 1. The van der Waals surface area contributed by atoms with Gasteiger partial charge in [0.25, 0.3) is 0 Å². The monoisotopic (exact) mass is 143 g/mol. The largest absolute Gasteiger partial charge is 0.367 e. The van der Waals surface area contributed by atoms with E-state index in [-0.39, 0.29) is 5.44 Å². The third kappa shape index (κ3) is 2.25. The molecular formula is C6H9NOS. The van der Waals surface area contributed by atoms with Gasteiger partial charge in [-0.1, -0.05) is 0 Å². The van der Waals surface area contributed by atoms with Crippen LogP contribution in [0, 0.1) is 10.7 Å². The zero-order valence-corrected chi connectivity index (χ0v) is 5.99. The number of hydrogen-bond acceptors (Lipinski definition) is 3. The maximum Gasteiger partial charge on any atom is 0.136 e. The Morgan fingerprint density at radius 3 is 3.00 bits per heavy atom. The van der Waals surface area contributed by atoms with E-state index in [0.717, 1.165) is 19.4 Å². The molecule has 0 bridgehead atoms. The van der Waals surface area contributed by atoms with Crippen LogP contribution in [0.2, 0.25) is 0 Å². The highest BCUT2D eigenvalue weighted by Gasteiger charge is 2.12. The van der Waals surface area contributed by atoms with Crippen LogP contribution >= 0.6 is 11.8 Å². The average Bonchev–Trinajstić information content (AvgIpc) is 1.91. The topological polar surface area (TPSA) is 33.0 Å². The summed E-state index contributed by atoms with van der Waals surface area (Å²) in [6.45, 7) is 0.833. The van der Waals surface area contributed by atoms with E-state index < -0.39 is 0 Å². The van der Waals surface area contributed by atoms with E-state index in [0.29, 0.717) is 0 Å². The Morgan fingerprint density at radius 1 is 1.56 bits per heavy atom. The lowest BCUT2D eigenvalue weighted by Gasteiger charge is -2.18. The third-order valence-corrected chi connectivity index (χ3v) is 2.06. The highest BCUT2D eigenvalue weighted by molar-refractivity contribution is 8.04. The molecule has 0 aromatic carbocycles. The molecule has 0 aromatic heterocycles. The standard InChI is InChI=1S/C6H9NOS/c7-5-9-6-3-1-2-4-8-6/h6H,1-4H2. The van der Waals surface area contributed by atoms with Gasteiger partial charge in [-0.15, -0.1) is 0 Å². The molecule has 2 nitrogen and oxygen atoms in total. The Balaban J connectivity index is 2.17. The molecule has 1 aliphatic rings. The van der Waals surface area contributed by atoms with Gasteiger partial charge < -0.3 is 4.74 Å². The number of nitriles is 1. The van der Waals surface area contributed by atoms with Crippen molar-refractivity contribution in [1.82, 2.24) is 0 Å². The van der Waals surface area contributed by atoms with Gasteiger partial charge in [0.15, 0.2) is 0 Å². The fourth-order valence-corrected chi connectivity index (χ4v) is 1.43. The van der Waals surface area contributed by atoms with Crippen LogP contribution in [0.5, 0.6) is 0 Å². The van der Waals surface area contributed by atoms with Crippen LogP contribution < -0.4 is 0 Å². The smallest absolute Gasteiger partial charge is 0.136 e. The van der Waals surface area contributed by atoms with Gasteiger partial charge in [-0.2, -0.15) is 5.26 Å². The van der Waals surface area contributed by atoms with Crippen LogP contribution in [0.1, 0.15) is 19.3 Å². The van der Waals surface area contributed by atoms with Crippen LogP contribution in [0.25, 0.3) is 0 Å². The van der Waals surface area contributed by atoms with Crippen LogP contribution in [0.3, 0.4) is 0 Å². The number of rotatable bonds is 1. The highest BCUT2D eigenvalue weighted by atomic mass is 32.2. The minimum Gasteiger partial charge on any atom is -0.367 e. The molecule has 50 valence electrons. The molecule has 1 atom stereocenters. The van der Waals surface area contributed by atoms with Crippen molar-refractivity contribution in [2.45, 2.75) is 24.7 Å². The van der Waals surface area contributed by atoms with E-state index in [1.54, 1.807) is 0 Å². The summed E-state index contributed by atoms with van der Waals surface area (Å²) in [5, 5.41) is 10.3. The van der Waals surface area contributed by atoms with Gasteiger partial charge in [0.05, 0.1) is 0 Å². The summed E-state index contributed by atoms with van der Waals surface area (Å²) in [6, 6.07) is 0. The van der Waals surface area contributed by atoms with Gasteiger partial charge in [0.2, 0.25) is 0 Å². The summed E-state index contributed by atoms with van der Waals surface area (Å²) in [5.41, 5.74) is 0.156. The second-order valence-electron chi connectivity index (χ2n) is 2.01. The number of nitrogens with zero attached hydrogens (tertiary/aromatic N) is 1. The van der Waals surface area contributed by atoms with Gasteiger partial charge in [0.1, 0.15) is 10.8 Å². The first-order valence-corrected chi connectivity index (χ1v) is 3.98. The van der Waals surface area contributed by atoms with Crippen LogP contribution in [-0.2, 0) is 4.74 Å². The molecule has 1 aliphatic heterocycles. The van der Waals surface area contributed by atoms with Gasteiger partial charge in [0, 0.05) is 6.61 Å². The Labute approximate surface area is 59.2 Å². The van der Waals surface area contributed by atoms with Gasteiger partial charge >= 0.3 is 0 Å². The Hall–Kier alpha value is -0.200. The summed E-state index contributed by atoms with van der Waals surface area (Å²) in [6.07, 6.45) is 3.40. The van der Waals surface area contributed by atoms with Crippen molar-refractivity contribution < 1.29 is 4.74 Å². The molecule has 9 heavy (non-hydrogen) atoms. The van der Waals surface area contributed by atoms with Crippen molar-refractivity contribution in [3.05, 3.63) is 0 Å². The lowest BCUT2D eigenvalue weighted by Crippen LogP contribution is -2.14. The summed E-state index contributed by atoms with van der Waals surface area (Å²) < 4.78 is 5.26. The van der Waals surface area contributed by atoms with Crippen molar-refractivity contribution in [3.8, 4) is 5.40 Å². The minimum absolute atomic E-state index is 0.156. The molecule has 1 heterocycles. The van der Waals surface area contributed by atoms with Crippen LogP contribution in [0.15, 0.2) is 0 Å². The average molecular weight is 143 g/mol. The first-order valence-electron chi connectivity index (χ1n) is 3.10. The SMILES string of the molecule is N#CSC1CCCCO1. The predicted octanol–water partition coefficient (Wildman–Crippen LogP) is 1.73. The highest BCUT2D eigenvalue weighted by Crippen LogP contribution is 2.21. The summed E-state index contributed by atoms with van der Waals surface area (Å²) in [4.78, 5) is 0. The van der Waals surface area contributed by atoms with E-state index in [4.69, 9.17) is 10.00 Å². The fourth-order valence-electron chi connectivity index (χ4n) is 0.863. The van der Waals surface area contributed by atoms with Gasteiger partial charge in [-0.25, -0.2) is 0 Å². The van der Waals surface area contributed by atoms with E-state index in [9.17, 15) is 0 Å². The molecule has 1 rings (SSSR count). The first kappa shape index (κ1) is 6.91. The molecule has 0 N–H and O–H groups in total. The molecular weight excluding hydrogens is 134 g/mol. The molecule has 0 aliphatic carbocycles. The fraction of sp³-hybridized carbons (Fsp3) is 0.833. The Bertz CT molecular complexity index is 115. The van der Waals surface area contributed by atoms with Crippen molar-refractivity contribution in [1.29, 1.82) is 5.26 Å².